The molecular weight excluding hydrogens is 219 g/mol. The molecule has 0 saturated heterocycles. The SMILES string of the molecule is NCCc1ccc2cnc(C(F)(F)F)n2c1. The van der Waals surface area contributed by atoms with Crippen molar-refractivity contribution in [3.63, 3.8) is 0 Å². The molecule has 0 unspecified atom stereocenters. The lowest BCUT2D eigenvalue weighted by molar-refractivity contribution is -0.145. The van der Waals surface area contributed by atoms with Crippen LogP contribution in [0.2, 0.25) is 0 Å². The number of imidazole rings is 1. The van der Waals surface area contributed by atoms with Gasteiger partial charge in [-0.3, -0.25) is 4.40 Å². The van der Waals surface area contributed by atoms with E-state index >= 15 is 0 Å². The Balaban J connectivity index is 2.56. The fourth-order valence-electron chi connectivity index (χ4n) is 1.56. The third kappa shape index (κ3) is 1.88. The number of rotatable bonds is 2. The quantitative estimate of drug-likeness (QED) is 0.854. The normalized spacial score (nSPS) is 12.2. The number of alkyl halides is 3. The molecule has 0 amide bonds. The van der Waals surface area contributed by atoms with Gasteiger partial charge in [-0.1, -0.05) is 6.07 Å². The monoisotopic (exact) mass is 229 g/mol. The molecule has 0 bridgehead atoms. The summed E-state index contributed by atoms with van der Waals surface area (Å²) >= 11 is 0. The summed E-state index contributed by atoms with van der Waals surface area (Å²) in [6, 6.07) is 3.36. The first-order chi connectivity index (χ1) is 7.52. The Hall–Kier alpha value is -1.56. The van der Waals surface area contributed by atoms with Crippen molar-refractivity contribution in [1.82, 2.24) is 9.38 Å². The first-order valence-corrected chi connectivity index (χ1v) is 4.75. The van der Waals surface area contributed by atoms with Crippen molar-refractivity contribution >= 4 is 5.52 Å². The zero-order valence-electron chi connectivity index (χ0n) is 8.33. The van der Waals surface area contributed by atoms with Crippen LogP contribution in [0.5, 0.6) is 0 Å². The van der Waals surface area contributed by atoms with Gasteiger partial charge in [-0.05, 0) is 24.6 Å². The molecule has 86 valence electrons. The Morgan fingerprint density at radius 2 is 2.06 bits per heavy atom. The summed E-state index contributed by atoms with van der Waals surface area (Å²) in [5, 5.41) is 0. The summed E-state index contributed by atoms with van der Waals surface area (Å²) in [6.45, 7) is 0.404. The highest BCUT2D eigenvalue weighted by Gasteiger charge is 2.35. The predicted molar refractivity (Wildman–Crippen MR) is 53.0 cm³/mol. The summed E-state index contributed by atoms with van der Waals surface area (Å²) < 4.78 is 38.7. The van der Waals surface area contributed by atoms with Crippen molar-refractivity contribution in [3.05, 3.63) is 35.9 Å². The van der Waals surface area contributed by atoms with E-state index in [1.165, 1.54) is 12.4 Å². The van der Waals surface area contributed by atoms with Crippen molar-refractivity contribution in [1.29, 1.82) is 0 Å². The average Bonchev–Trinajstić information content (AvgIpc) is 2.60. The number of halogens is 3. The van der Waals surface area contributed by atoms with Crippen LogP contribution in [0.3, 0.4) is 0 Å². The van der Waals surface area contributed by atoms with E-state index in [-0.39, 0.29) is 0 Å². The summed E-state index contributed by atoms with van der Waals surface area (Å²) in [4.78, 5) is 3.37. The Morgan fingerprint density at radius 3 is 2.69 bits per heavy atom. The number of nitrogens with zero attached hydrogens (tertiary/aromatic N) is 2. The molecule has 0 aliphatic rings. The Kier molecular flexibility index (Phi) is 2.59. The van der Waals surface area contributed by atoms with E-state index < -0.39 is 12.0 Å². The van der Waals surface area contributed by atoms with Crippen LogP contribution in [-0.2, 0) is 12.6 Å². The molecule has 6 heteroatoms. The lowest BCUT2D eigenvalue weighted by Gasteiger charge is -2.06. The minimum atomic E-state index is -4.44. The first kappa shape index (κ1) is 10.9. The van der Waals surface area contributed by atoms with Crippen molar-refractivity contribution in [3.8, 4) is 0 Å². The molecule has 0 spiro atoms. The van der Waals surface area contributed by atoms with Crippen LogP contribution in [0.4, 0.5) is 13.2 Å². The van der Waals surface area contributed by atoms with Gasteiger partial charge in [-0.2, -0.15) is 13.2 Å². The van der Waals surface area contributed by atoms with Gasteiger partial charge in [-0.25, -0.2) is 4.98 Å². The molecule has 0 saturated carbocycles. The van der Waals surface area contributed by atoms with Crippen LogP contribution in [0.25, 0.3) is 5.52 Å². The van der Waals surface area contributed by atoms with Gasteiger partial charge in [0.05, 0.1) is 11.7 Å². The lowest BCUT2D eigenvalue weighted by atomic mass is 10.2. The van der Waals surface area contributed by atoms with E-state index in [0.717, 1.165) is 9.96 Å². The van der Waals surface area contributed by atoms with Crippen molar-refractivity contribution < 1.29 is 13.2 Å². The molecule has 2 aromatic rings. The molecule has 0 aliphatic heterocycles. The highest BCUT2D eigenvalue weighted by Crippen LogP contribution is 2.28. The van der Waals surface area contributed by atoms with Gasteiger partial charge in [0.15, 0.2) is 0 Å². The number of hydrogen-bond acceptors (Lipinski definition) is 2. The van der Waals surface area contributed by atoms with Gasteiger partial charge in [0, 0.05) is 6.20 Å². The summed E-state index contributed by atoms with van der Waals surface area (Å²) in [7, 11) is 0. The second-order valence-electron chi connectivity index (χ2n) is 3.45. The number of aromatic nitrogens is 2. The molecular formula is C10H10F3N3. The number of fused-ring (bicyclic) bond motifs is 1. The topological polar surface area (TPSA) is 43.3 Å². The van der Waals surface area contributed by atoms with E-state index in [1.807, 2.05) is 0 Å². The maximum atomic E-state index is 12.6. The summed E-state index contributed by atoms with van der Waals surface area (Å²) in [5.41, 5.74) is 6.54. The number of hydrogen-bond donors (Lipinski definition) is 1. The molecule has 2 rings (SSSR count). The van der Waals surface area contributed by atoms with Crippen LogP contribution in [0, 0.1) is 0 Å². The van der Waals surface area contributed by atoms with E-state index in [4.69, 9.17) is 5.73 Å². The predicted octanol–water partition coefficient (Wildman–Crippen LogP) is 1.85. The second-order valence-corrected chi connectivity index (χ2v) is 3.45. The van der Waals surface area contributed by atoms with Crippen LogP contribution in [-0.4, -0.2) is 15.9 Å². The van der Waals surface area contributed by atoms with Crippen LogP contribution in [0.1, 0.15) is 11.4 Å². The highest BCUT2D eigenvalue weighted by atomic mass is 19.4. The van der Waals surface area contributed by atoms with Crippen molar-refractivity contribution in [2.45, 2.75) is 12.6 Å². The molecule has 0 atom stereocenters. The fourth-order valence-corrected chi connectivity index (χ4v) is 1.56. The van der Waals surface area contributed by atoms with E-state index in [1.54, 1.807) is 12.1 Å². The smallest absolute Gasteiger partial charge is 0.330 e. The largest absolute Gasteiger partial charge is 0.450 e. The minimum absolute atomic E-state index is 0.404. The summed E-state index contributed by atoms with van der Waals surface area (Å²) in [6.07, 6.45) is -1.26. The Labute approximate surface area is 89.7 Å². The van der Waals surface area contributed by atoms with Gasteiger partial charge in [-0.15, -0.1) is 0 Å². The molecule has 0 aromatic carbocycles. The lowest BCUT2D eigenvalue weighted by Crippen LogP contribution is -2.11. The Bertz CT molecular complexity index is 501. The third-order valence-electron chi connectivity index (χ3n) is 2.28. The molecule has 0 radical (unpaired) electrons. The molecule has 0 aliphatic carbocycles. The molecule has 16 heavy (non-hydrogen) atoms. The maximum Gasteiger partial charge on any atom is 0.450 e. The van der Waals surface area contributed by atoms with E-state index in [9.17, 15) is 13.2 Å². The van der Waals surface area contributed by atoms with Crippen LogP contribution >= 0.6 is 0 Å². The fraction of sp³-hybridized carbons (Fsp3) is 0.300. The van der Waals surface area contributed by atoms with Crippen molar-refractivity contribution in [2.24, 2.45) is 5.73 Å². The van der Waals surface area contributed by atoms with Gasteiger partial charge in [0.25, 0.3) is 0 Å². The molecule has 0 fully saturated rings. The average molecular weight is 229 g/mol. The standard InChI is InChI=1S/C10H10F3N3/c11-10(12,13)9-15-5-8-2-1-7(3-4-14)6-16(8)9/h1-2,5-6H,3-4,14H2. The maximum absolute atomic E-state index is 12.6. The molecule has 2 heterocycles. The zero-order valence-corrected chi connectivity index (χ0v) is 8.33. The first-order valence-electron chi connectivity index (χ1n) is 4.75. The third-order valence-corrected chi connectivity index (χ3v) is 2.28. The van der Waals surface area contributed by atoms with E-state index in [2.05, 4.69) is 4.98 Å². The second kappa shape index (κ2) is 3.79. The van der Waals surface area contributed by atoms with Crippen molar-refractivity contribution in [2.75, 3.05) is 6.54 Å². The van der Waals surface area contributed by atoms with Gasteiger partial charge in [0.2, 0.25) is 5.82 Å². The zero-order chi connectivity index (χ0) is 11.8. The minimum Gasteiger partial charge on any atom is -0.330 e. The van der Waals surface area contributed by atoms with E-state index in [0.29, 0.717) is 18.5 Å². The van der Waals surface area contributed by atoms with Gasteiger partial charge < -0.3 is 5.73 Å². The number of pyridine rings is 1. The number of nitrogens with two attached hydrogens (primary N) is 1. The van der Waals surface area contributed by atoms with Gasteiger partial charge in [0.1, 0.15) is 0 Å². The molecule has 3 nitrogen and oxygen atoms in total. The molecule has 2 N–H and O–H groups in total. The molecule has 2 aromatic heterocycles. The summed E-state index contributed by atoms with van der Waals surface area (Å²) in [5.74, 6) is -0.902. The van der Waals surface area contributed by atoms with Crippen LogP contribution < -0.4 is 5.73 Å². The Morgan fingerprint density at radius 1 is 1.31 bits per heavy atom. The highest BCUT2D eigenvalue weighted by molar-refractivity contribution is 5.47. The van der Waals surface area contributed by atoms with Gasteiger partial charge >= 0.3 is 6.18 Å². The van der Waals surface area contributed by atoms with Crippen LogP contribution in [0.15, 0.2) is 24.5 Å².